The summed E-state index contributed by atoms with van der Waals surface area (Å²) >= 11 is 0. The largest absolute Gasteiger partial charge is 0.390 e. The van der Waals surface area contributed by atoms with Gasteiger partial charge in [0.2, 0.25) is 0 Å². The maximum absolute atomic E-state index is 12.2. The second kappa shape index (κ2) is 4.14. The van der Waals surface area contributed by atoms with Crippen molar-refractivity contribution in [1.82, 2.24) is 0 Å². The zero-order chi connectivity index (χ0) is 14.6. The number of carbonyl (C=O) groups is 1. The zero-order valence-corrected chi connectivity index (χ0v) is 12.1. The molecule has 0 spiro atoms. The van der Waals surface area contributed by atoms with E-state index in [1.807, 2.05) is 6.92 Å². The molecule has 0 radical (unpaired) electrons. The molecule has 0 heterocycles. The molecule has 4 atom stereocenters. The topological polar surface area (TPSA) is 77.8 Å². The van der Waals surface area contributed by atoms with Crippen LogP contribution in [0.2, 0.25) is 0 Å². The highest BCUT2D eigenvalue weighted by Gasteiger charge is 2.55. The molecule has 1 fully saturated rings. The highest BCUT2D eigenvalue weighted by Crippen LogP contribution is 2.53. The Kier molecular flexibility index (Phi) is 3.20. The monoisotopic (exact) mass is 268 g/mol. The van der Waals surface area contributed by atoms with Gasteiger partial charge < -0.3 is 15.3 Å². The Bertz CT molecular complexity index is 430. The lowest BCUT2D eigenvalue weighted by Crippen LogP contribution is -2.58. The minimum absolute atomic E-state index is 0.0570. The van der Waals surface area contributed by atoms with Gasteiger partial charge in [0.25, 0.3) is 0 Å². The lowest BCUT2D eigenvalue weighted by Gasteiger charge is -2.53. The zero-order valence-electron chi connectivity index (χ0n) is 12.1. The third kappa shape index (κ3) is 2.26. The molecule has 108 valence electrons. The summed E-state index contributed by atoms with van der Waals surface area (Å²) in [6, 6.07) is 0. The van der Waals surface area contributed by atoms with Gasteiger partial charge in [-0.15, -0.1) is 0 Å². The Balaban J connectivity index is 2.51. The molecule has 0 aromatic carbocycles. The van der Waals surface area contributed by atoms with Crippen molar-refractivity contribution in [2.75, 3.05) is 0 Å². The fraction of sp³-hybridized carbons (Fsp3) is 0.800. The predicted molar refractivity (Wildman–Crippen MR) is 71.5 cm³/mol. The summed E-state index contributed by atoms with van der Waals surface area (Å²) in [4.78, 5) is 12.2. The number of carbonyl (C=O) groups excluding carboxylic acids is 1. The standard InChI is InChI=1S/C15H24O4/c1-13(2,18)9-7-11-14(3,8-10(9)16)6-5-12(17)15(11,4)19/h7,11-12,17-19H,5-6,8H2,1-4H3/t11-,12-,14-,15-/m1/s1. The third-order valence-electron chi connectivity index (χ3n) is 4.90. The van der Waals surface area contributed by atoms with Crippen LogP contribution in [0.3, 0.4) is 0 Å². The highest BCUT2D eigenvalue weighted by atomic mass is 16.3. The van der Waals surface area contributed by atoms with Gasteiger partial charge in [0.05, 0.1) is 17.3 Å². The van der Waals surface area contributed by atoms with Crippen LogP contribution in [0.5, 0.6) is 0 Å². The number of aliphatic hydroxyl groups is 3. The normalized spacial score (nSPS) is 43.7. The van der Waals surface area contributed by atoms with Crippen molar-refractivity contribution in [3.63, 3.8) is 0 Å². The van der Waals surface area contributed by atoms with Crippen molar-refractivity contribution in [2.24, 2.45) is 11.3 Å². The van der Waals surface area contributed by atoms with E-state index in [2.05, 4.69) is 0 Å². The second-order valence-electron chi connectivity index (χ2n) is 7.15. The smallest absolute Gasteiger partial charge is 0.161 e. The Morgan fingerprint density at radius 2 is 1.95 bits per heavy atom. The minimum Gasteiger partial charge on any atom is -0.390 e. The van der Waals surface area contributed by atoms with Gasteiger partial charge in [0, 0.05) is 17.9 Å². The van der Waals surface area contributed by atoms with Gasteiger partial charge in [-0.3, -0.25) is 4.79 Å². The first-order valence-corrected chi connectivity index (χ1v) is 6.87. The average molecular weight is 268 g/mol. The number of rotatable bonds is 1. The van der Waals surface area contributed by atoms with E-state index >= 15 is 0 Å². The summed E-state index contributed by atoms with van der Waals surface area (Å²) in [7, 11) is 0. The van der Waals surface area contributed by atoms with E-state index in [0.29, 0.717) is 24.8 Å². The fourth-order valence-corrected chi connectivity index (χ4v) is 3.66. The number of hydrogen-bond donors (Lipinski definition) is 3. The second-order valence-corrected chi connectivity index (χ2v) is 7.15. The summed E-state index contributed by atoms with van der Waals surface area (Å²) in [5.41, 5.74) is -2.46. The lowest BCUT2D eigenvalue weighted by molar-refractivity contribution is -0.160. The van der Waals surface area contributed by atoms with E-state index < -0.39 is 17.3 Å². The lowest BCUT2D eigenvalue weighted by atomic mass is 9.54. The van der Waals surface area contributed by atoms with Crippen LogP contribution in [0.25, 0.3) is 0 Å². The third-order valence-corrected chi connectivity index (χ3v) is 4.90. The molecule has 0 aromatic rings. The van der Waals surface area contributed by atoms with Gasteiger partial charge in [-0.05, 0) is 39.0 Å². The molecule has 0 unspecified atom stereocenters. The first-order valence-electron chi connectivity index (χ1n) is 6.87. The Labute approximate surface area is 114 Å². The molecule has 0 bridgehead atoms. The van der Waals surface area contributed by atoms with E-state index in [1.54, 1.807) is 26.8 Å². The molecule has 0 saturated heterocycles. The number of ketones is 1. The van der Waals surface area contributed by atoms with Crippen LogP contribution in [-0.4, -0.2) is 38.4 Å². The molecule has 4 heteroatoms. The number of fused-ring (bicyclic) bond motifs is 1. The molecule has 2 rings (SSSR count). The average Bonchev–Trinajstić information content (AvgIpc) is 2.21. The molecule has 3 N–H and O–H groups in total. The van der Waals surface area contributed by atoms with Gasteiger partial charge in [-0.2, -0.15) is 0 Å². The van der Waals surface area contributed by atoms with E-state index in [9.17, 15) is 20.1 Å². The fourth-order valence-electron chi connectivity index (χ4n) is 3.66. The van der Waals surface area contributed by atoms with Crippen LogP contribution in [0.1, 0.15) is 47.0 Å². The Morgan fingerprint density at radius 1 is 1.37 bits per heavy atom. The molecule has 0 aromatic heterocycles. The SMILES string of the molecule is CC(C)(O)C1=C[C@@H]2[C@](C)(CC[C@@H](O)[C@]2(C)O)CC1=O. The molecular weight excluding hydrogens is 244 g/mol. The Morgan fingerprint density at radius 3 is 2.47 bits per heavy atom. The van der Waals surface area contributed by atoms with E-state index in [0.717, 1.165) is 0 Å². The van der Waals surface area contributed by atoms with E-state index in [1.165, 1.54) is 0 Å². The van der Waals surface area contributed by atoms with Crippen molar-refractivity contribution >= 4 is 5.78 Å². The van der Waals surface area contributed by atoms with Gasteiger partial charge in [0.15, 0.2) is 5.78 Å². The van der Waals surface area contributed by atoms with Crippen LogP contribution in [0.15, 0.2) is 11.6 Å². The molecule has 19 heavy (non-hydrogen) atoms. The van der Waals surface area contributed by atoms with Crippen molar-refractivity contribution < 1.29 is 20.1 Å². The number of Topliss-reactive ketones (excluding diaryl/α,β-unsaturated/α-hetero) is 1. The number of aliphatic hydroxyl groups excluding tert-OH is 1. The first kappa shape index (κ1) is 14.7. The van der Waals surface area contributed by atoms with E-state index in [4.69, 9.17) is 0 Å². The van der Waals surface area contributed by atoms with Crippen LogP contribution in [-0.2, 0) is 4.79 Å². The van der Waals surface area contributed by atoms with Crippen LogP contribution in [0, 0.1) is 11.3 Å². The van der Waals surface area contributed by atoms with Crippen LogP contribution in [0.4, 0.5) is 0 Å². The maximum atomic E-state index is 12.2. The molecular formula is C15H24O4. The van der Waals surface area contributed by atoms with Gasteiger partial charge in [0.1, 0.15) is 0 Å². The maximum Gasteiger partial charge on any atom is 0.161 e. The van der Waals surface area contributed by atoms with Crippen molar-refractivity contribution in [3.05, 3.63) is 11.6 Å². The first-order chi connectivity index (χ1) is 8.48. The van der Waals surface area contributed by atoms with Crippen molar-refractivity contribution in [2.45, 2.75) is 64.3 Å². The van der Waals surface area contributed by atoms with Crippen molar-refractivity contribution in [3.8, 4) is 0 Å². The molecule has 0 amide bonds. The highest BCUT2D eigenvalue weighted by molar-refractivity contribution is 5.98. The molecule has 0 aliphatic heterocycles. The summed E-state index contributed by atoms with van der Waals surface area (Å²) in [5.74, 6) is -0.374. The summed E-state index contributed by atoms with van der Waals surface area (Å²) in [6.45, 7) is 6.75. The van der Waals surface area contributed by atoms with Crippen LogP contribution >= 0.6 is 0 Å². The Hall–Kier alpha value is -0.710. The minimum atomic E-state index is -1.26. The van der Waals surface area contributed by atoms with Crippen LogP contribution < -0.4 is 0 Å². The molecule has 1 saturated carbocycles. The van der Waals surface area contributed by atoms with Gasteiger partial charge >= 0.3 is 0 Å². The predicted octanol–water partition coefficient (Wildman–Crippen LogP) is 1.18. The molecule has 2 aliphatic carbocycles. The van der Waals surface area contributed by atoms with Gasteiger partial charge in [-0.25, -0.2) is 0 Å². The molecule has 4 nitrogen and oxygen atoms in total. The van der Waals surface area contributed by atoms with Crippen molar-refractivity contribution in [1.29, 1.82) is 0 Å². The summed E-state index contributed by atoms with van der Waals surface area (Å²) in [5, 5.41) is 30.7. The van der Waals surface area contributed by atoms with E-state index in [-0.39, 0.29) is 17.1 Å². The quantitative estimate of drug-likeness (QED) is 0.667. The molecule has 2 aliphatic rings. The summed E-state index contributed by atoms with van der Waals surface area (Å²) < 4.78 is 0. The summed E-state index contributed by atoms with van der Waals surface area (Å²) in [6.07, 6.45) is 2.41. The van der Waals surface area contributed by atoms with Gasteiger partial charge in [-0.1, -0.05) is 13.0 Å². The number of hydrogen-bond acceptors (Lipinski definition) is 4.